The van der Waals surface area contributed by atoms with Gasteiger partial charge in [0, 0.05) is 18.0 Å². The molecule has 16 heavy (non-hydrogen) atoms. The van der Waals surface area contributed by atoms with E-state index in [1.807, 2.05) is 48.5 Å². The van der Waals surface area contributed by atoms with Gasteiger partial charge in [-0.3, -0.25) is 9.78 Å². The van der Waals surface area contributed by atoms with Crippen LogP contribution in [0.2, 0.25) is 0 Å². The summed E-state index contributed by atoms with van der Waals surface area (Å²) in [5.74, 6) is 0.126. The Morgan fingerprint density at radius 1 is 1.00 bits per heavy atom. The summed E-state index contributed by atoms with van der Waals surface area (Å²) in [5.41, 5.74) is 0.763. The normalized spacial score (nSPS) is 8.81. The maximum Gasteiger partial charge on any atom is 0.173 e. The third kappa shape index (κ3) is 4.84. The van der Waals surface area contributed by atoms with Crippen molar-refractivity contribution in [3.05, 3.63) is 66.5 Å². The molecule has 0 aliphatic rings. The van der Waals surface area contributed by atoms with Gasteiger partial charge in [-0.15, -0.1) is 0 Å². The van der Waals surface area contributed by atoms with Crippen molar-refractivity contribution in [2.75, 3.05) is 5.33 Å². The highest BCUT2D eigenvalue weighted by molar-refractivity contribution is 9.09. The minimum atomic E-state index is 0.126. The summed E-state index contributed by atoms with van der Waals surface area (Å²) >= 11 is 3.10. The molecule has 1 heterocycles. The molecule has 3 heteroatoms. The molecule has 2 nitrogen and oxygen atoms in total. The Balaban J connectivity index is 0.000000181. The molecule has 2 rings (SSSR count). The molecule has 0 spiro atoms. The topological polar surface area (TPSA) is 30.0 Å². The molecule has 2 aromatic rings. The van der Waals surface area contributed by atoms with Crippen molar-refractivity contribution in [3.8, 4) is 0 Å². The van der Waals surface area contributed by atoms with Crippen LogP contribution in [-0.4, -0.2) is 16.1 Å². The SMILES string of the molecule is O=C(CBr)c1ccccc1.c1ccncc1. The standard InChI is InChI=1S/C8H7BrO.C5H5N/c9-6-8(10)7-4-2-1-3-5-7;1-2-4-6-5-3-1/h1-5H,6H2;1-5H. The van der Waals surface area contributed by atoms with E-state index in [9.17, 15) is 4.79 Å². The van der Waals surface area contributed by atoms with Gasteiger partial charge in [-0.05, 0) is 12.1 Å². The van der Waals surface area contributed by atoms with E-state index in [0.29, 0.717) is 5.33 Å². The maximum absolute atomic E-state index is 11.0. The van der Waals surface area contributed by atoms with Crippen LogP contribution in [0.3, 0.4) is 0 Å². The lowest BCUT2D eigenvalue weighted by atomic mass is 10.2. The first-order valence-corrected chi connectivity index (χ1v) is 5.96. The molecule has 0 aliphatic heterocycles. The zero-order valence-corrected chi connectivity index (χ0v) is 10.3. The fourth-order valence-electron chi connectivity index (χ4n) is 1.01. The highest BCUT2D eigenvalue weighted by Crippen LogP contribution is 2.01. The number of halogens is 1. The second-order valence-corrected chi connectivity index (χ2v) is 3.51. The van der Waals surface area contributed by atoms with Crippen molar-refractivity contribution < 1.29 is 4.79 Å². The van der Waals surface area contributed by atoms with Crippen molar-refractivity contribution in [1.29, 1.82) is 0 Å². The van der Waals surface area contributed by atoms with Crippen LogP contribution in [0.1, 0.15) is 10.4 Å². The van der Waals surface area contributed by atoms with Gasteiger partial charge < -0.3 is 0 Å². The average Bonchev–Trinajstić information content (AvgIpc) is 2.41. The smallest absolute Gasteiger partial charge is 0.173 e. The molecule has 0 fully saturated rings. The molecular weight excluding hydrogens is 266 g/mol. The molecule has 1 aromatic heterocycles. The molecule has 82 valence electrons. The van der Waals surface area contributed by atoms with E-state index in [4.69, 9.17) is 0 Å². The van der Waals surface area contributed by atoms with Crippen molar-refractivity contribution in [2.45, 2.75) is 0 Å². The minimum Gasteiger partial charge on any atom is -0.293 e. The first kappa shape index (κ1) is 12.6. The van der Waals surface area contributed by atoms with Gasteiger partial charge in [0.2, 0.25) is 0 Å². The number of alkyl halides is 1. The summed E-state index contributed by atoms with van der Waals surface area (Å²) in [5, 5.41) is 0.400. The van der Waals surface area contributed by atoms with E-state index in [2.05, 4.69) is 20.9 Å². The molecule has 0 saturated heterocycles. The van der Waals surface area contributed by atoms with E-state index in [1.165, 1.54) is 0 Å². The number of Topliss-reactive ketones (excluding diaryl/α,β-unsaturated/α-hetero) is 1. The van der Waals surface area contributed by atoms with Gasteiger partial charge >= 0.3 is 0 Å². The fraction of sp³-hybridized carbons (Fsp3) is 0.0769. The van der Waals surface area contributed by atoms with Crippen molar-refractivity contribution in [2.24, 2.45) is 0 Å². The Hall–Kier alpha value is -1.48. The van der Waals surface area contributed by atoms with E-state index in [1.54, 1.807) is 12.4 Å². The molecule has 0 saturated carbocycles. The van der Waals surface area contributed by atoms with Crippen LogP contribution in [0, 0.1) is 0 Å². The van der Waals surface area contributed by atoms with E-state index >= 15 is 0 Å². The van der Waals surface area contributed by atoms with Crippen LogP contribution in [0.5, 0.6) is 0 Å². The molecule has 0 aliphatic carbocycles. The summed E-state index contributed by atoms with van der Waals surface area (Å²) in [6.07, 6.45) is 3.50. The number of hydrogen-bond donors (Lipinski definition) is 0. The van der Waals surface area contributed by atoms with Crippen LogP contribution in [0.15, 0.2) is 60.9 Å². The molecule has 0 atom stereocenters. The highest BCUT2D eigenvalue weighted by atomic mass is 79.9. The average molecular weight is 278 g/mol. The third-order valence-electron chi connectivity index (χ3n) is 1.78. The maximum atomic E-state index is 11.0. The first-order valence-electron chi connectivity index (χ1n) is 4.84. The zero-order chi connectivity index (χ0) is 11.6. The van der Waals surface area contributed by atoms with E-state index in [0.717, 1.165) is 5.56 Å². The van der Waals surface area contributed by atoms with Crippen LogP contribution >= 0.6 is 15.9 Å². The van der Waals surface area contributed by atoms with E-state index < -0.39 is 0 Å². The molecule has 0 radical (unpaired) electrons. The summed E-state index contributed by atoms with van der Waals surface area (Å²) in [6, 6.07) is 14.9. The van der Waals surface area contributed by atoms with Gasteiger partial charge in [-0.25, -0.2) is 0 Å². The van der Waals surface area contributed by atoms with Crippen LogP contribution < -0.4 is 0 Å². The number of rotatable bonds is 2. The molecule has 1 aromatic carbocycles. The van der Waals surface area contributed by atoms with Gasteiger partial charge in [0.1, 0.15) is 0 Å². The Morgan fingerprint density at radius 2 is 1.56 bits per heavy atom. The zero-order valence-electron chi connectivity index (χ0n) is 8.71. The van der Waals surface area contributed by atoms with Crippen LogP contribution in [0.4, 0.5) is 0 Å². The Morgan fingerprint density at radius 3 is 1.94 bits per heavy atom. The minimum absolute atomic E-state index is 0.126. The second-order valence-electron chi connectivity index (χ2n) is 2.95. The number of benzene rings is 1. The van der Waals surface area contributed by atoms with Gasteiger partial charge in [0.05, 0.1) is 5.33 Å². The number of aromatic nitrogens is 1. The van der Waals surface area contributed by atoms with Gasteiger partial charge in [-0.2, -0.15) is 0 Å². The first-order chi connectivity index (χ1) is 7.84. The highest BCUT2D eigenvalue weighted by Gasteiger charge is 1.99. The molecule has 0 amide bonds. The van der Waals surface area contributed by atoms with Gasteiger partial charge in [0.25, 0.3) is 0 Å². The molecular formula is C13H12BrNO. The van der Waals surface area contributed by atoms with E-state index in [-0.39, 0.29) is 5.78 Å². The number of ketones is 1. The van der Waals surface area contributed by atoms with Crippen LogP contribution in [-0.2, 0) is 0 Å². The summed E-state index contributed by atoms with van der Waals surface area (Å²) in [4.78, 5) is 14.8. The largest absolute Gasteiger partial charge is 0.293 e. The lowest BCUT2D eigenvalue weighted by Crippen LogP contribution is -1.98. The summed E-state index contributed by atoms with van der Waals surface area (Å²) in [7, 11) is 0. The van der Waals surface area contributed by atoms with Crippen molar-refractivity contribution >= 4 is 21.7 Å². The number of carbonyl (C=O) groups excluding carboxylic acids is 1. The Bertz CT molecular complexity index is 376. The molecule has 0 bridgehead atoms. The van der Waals surface area contributed by atoms with Crippen molar-refractivity contribution in [1.82, 2.24) is 4.98 Å². The monoisotopic (exact) mass is 277 g/mol. The number of nitrogens with zero attached hydrogens (tertiary/aromatic N) is 1. The number of pyridine rings is 1. The molecule has 0 unspecified atom stereocenters. The quantitative estimate of drug-likeness (QED) is 0.623. The molecule has 0 N–H and O–H groups in total. The Labute approximate surface area is 103 Å². The summed E-state index contributed by atoms with van der Waals surface area (Å²) < 4.78 is 0. The fourth-order valence-corrected chi connectivity index (χ4v) is 1.34. The number of carbonyl (C=O) groups is 1. The Kier molecular flexibility index (Phi) is 6.11. The lowest BCUT2D eigenvalue weighted by Gasteiger charge is -1.92. The lowest BCUT2D eigenvalue weighted by molar-refractivity contribution is 0.102. The van der Waals surface area contributed by atoms with Crippen LogP contribution in [0.25, 0.3) is 0 Å². The number of hydrogen-bond acceptors (Lipinski definition) is 2. The third-order valence-corrected chi connectivity index (χ3v) is 2.29. The predicted octanol–water partition coefficient (Wildman–Crippen LogP) is 3.35. The second kappa shape index (κ2) is 7.77. The van der Waals surface area contributed by atoms with Gasteiger partial charge in [0.15, 0.2) is 5.78 Å². The predicted molar refractivity (Wildman–Crippen MR) is 68.8 cm³/mol. The summed E-state index contributed by atoms with van der Waals surface area (Å²) in [6.45, 7) is 0. The van der Waals surface area contributed by atoms with Gasteiger partial charge in [-0.1, -0.05) is 52.3 Å². The van der Waals surface area contributed by atoms with Crippen molar-refractivity contribution in [3.63, 3.8) is 0 Å².